The number of carbonyl (C=O) groups is 1. The van der Waals surface area contributed by atoms with Gasteiger partial charge in [-0.1, -0.05) is 13.3 Å². The zero-order valence-corrected chi connectivity index (χ0v) is 12.9. The minimum Gasteiger partial charge on any atom is -0.496 e. The summed E-state index contributed by atoms with van der Waals surface area (Å²) in [6.07, 6.45) is 2.37. The summed E-state index contributed by atoms with van der Waals surface area (Å²) < 4.78 is 10.9. The molecular weight excluding hydrogens is 282 g/mol. The zero-order chi connectivity index (χ0) is 15.9. The Morgan fingerprint density at radius 2 is 2.14 bits per heavy atom. The van der Waals surface area contributed by atoms with E-state index in [4.69, 9.17) is 14.3 Å². The average molecular weight is 303 g/mol. The van der Waals surface area contributed by atoms with Gasteiger partial charge < -0.3 is 19.6 Å². The Balaban J connectivity index is 2.18. The van der Waals surface area contributed by atoms with Crippen LogP contribution in [0.15, 0.2) is 34.7 Å². The average Bonchev–Trinajstić information content (AvgIpc) is 3.01. The minimum absolute atomic E-state index is 0.00258. The van der Waals surface area contributed by atoms with Crippen molar-refractivity contribution >= 4 is 11.6 Å². The molecule has 1 aromatic carbocycles. The van der Waals surface area contributed by atoms with Gasteiger partial charge in [0, 0.05) is 18.2 Å². The maximum atomic E-state index is 11.8. The van der Waals surface area contributed by atoms with Crippen molar-refractivity contribution < 1.29 is 19.1 Å². The number of rotatable bonds is 7. The van der Waals surface area contributed by atoms with E-state index in [-0.39, 0.29) is 12.5 Å². The maximum Gasteiger partial charge on any atom is 0.224 e. The normalized spacial score (nSPS) is 10.5. The van der Waals surface area contributed by atoms with Gasteiger partial charge in [-0.3, -0.25) is 4.79 Å². The second kappa shape index (κ2) is 7.66. The van der Waals surface area contributed by atoms with Crippen molar-refractivity contribution in [2.75, 3.05) is 12.4 Å². The van der Waals surface area contributed by atoms with Gasteiger partial charge in [0.15, 0.2) is 0 Å². The van der Waals surface area contributed by atoms with Crippen LogP contribution in [0, 0.1) is 0 Å². The largest absolute Gasteiger partial charge is 0.496 e. The number of nitrogens with one attached hydrogen (secondary N) is 1. The van der Waals surface area contributed by atoms with Gasteiger partial charge in [-0.25, -0.2) is 0 Å². The van der Waals surface area contributed by atoms with E-state index in [0.717, 1.165) is 18.4 Å². The number of hydrogen-bond acceptors (Lipinski definition) is 4. The first-order chi connectivity index (χ1) is 10.7. The fourth-order valence-corrected chi connectivity index (χ4v) is 2.14. The summed E-state index contributed by atoms with van der Waals surface area (Å²) in [4.78, 5) is 11.8. The molecule has 1 heterocycles. The first kappa shape index (κ1) is 16.1. The molecule has 0 unspecified atom stereocenters. The van der Waals surface area contributed by atoms with Crippen molar-refractivity contribution in [1.29, 1.82) is 0 Å². The van der Waals surface area contributed by atoms with Crippen LogP contribution in [0.25, 0.3) is 11.3 Å². The lowest BCUT2D eigenvalue weighted by molar-refractivity contribution is -0.116. The SMILES string of the molecule is CCCCC(=O)Nc1ccc(-c2ccc(CO)o2)c(OC)c1. The first-order valence-corrected chi connectivity index (χ1v) is 7.35. The van der Waals surface area contributed by atoms with E-state index in [2.05, 4.69) is 12.2 Å². The quantitative estimate of drug-likeness (QED) is 0.820. The van der Waals surface area contributed by atoms with Crippen molar-refractivity contribution in [3.05, 3.63) is 36.1 Å². The number of methoxy groups -OCH3 is 1. The van der Waals surface area contributed by atoms with E-state index in [9.17, 15) is 4.79 Å². The van der Waals surface area contributed by atoms with Gasteiger partial charge in [0.25, 0.3) is 0 Å². The second-order valence-electron chi connectivity index (χ2n) is 4.99. The number of furan rings is 1. The molecule has 0 aliphatic carbocycles. The lowest BCUT2D eigenvalue weighted by Crippen LogP contribution is -2.11. The number of anilines is 1. The fourth-order valence-electron chi connectivity index (χ4n) is 2.14. The summed E-state index contributed by atoms with van der Waals surface area (Å²) in [6, 6.07) is 8.90. The Bertz CT molecular complexity index is 633. The van der Waals surface area contributed by atoms with Crippen LogP contribution in [0.4, 0.5) is 5.69 Å². The second-order valence-corrected chi connectivity index (χ2v) is 4.99. The molecule has 5 heteroatoms. The van der Waals surface area contributed by atoms with E-state index in [1.807, 2.05) is 12.1 Å². The van der Waals surface area contributed by atoms with Gasteiger partial charge in [-0.05, 0) is 30.7 Å². The van der Waals surface area contributed by atoms with Crippen molar-refractivity contribution in [3.8, 4) is 17.1 Å². The highest BCUT2D eigenvalue weighted by atomic mass is 16.5. The minimum atomic E-state index is -0.145. The molecule has 2 aromatic rings. The molecular formula is C17H21NO4. The summed E-state index contributed by atoms with van der Waals surface area (Å²) in [5.74, 6) is 1.71. The first-order valence-electron chi connectivity index (χ1n) is 7.35. The molecule has 0 atom stereocenters. The van der Waals surface area contributed by atoms with E-state index < -0.39 is 0 Å². The van der Waals surface area contributed by atoms with Crippen molar-refractivity contribution in [2.24, 2.45) is 0 Å². The number of aliphatic hydroxyl groups excluding tert-OH is 1. The van der Waals surface area contributed by atoms with Gasteiger partial charge in [-0.2, -0.15) is 0 Å². The molecule has 0 aliphatic heterocycles. The molecule has 2 N–H and O–H groups in total. The smallest absolute Gasteiger partial charge is 0.224 e. The fraction of sp³-hybridized carbons (Fsp3) is 0.353. The molecule has 22 heavy (non-hydrogen) atoms. The van der Waals surface area contributed by atoms with Crippen molar-refractivity contribution in [2.45, 2.75) is 32.8 Å². The molecule has 0 radical (unpaired) electrons. The van der Waals surface area contributed by atoms with E-state index in [0.29, 0.717) is 29.4 Å². The van der Waals surface area contributed by atoms with Gasteiger partial charge in [0.1, 0.15) is 23.9 Å². The maximum absolute atomic E-state index is 11.8. The molecule has 1 aromatic heterocycles. The lowest BCUT2D eigenvalue weighted by atomic mass is 10.1. The van der Waals surface area contributed by atoms with Gasteiger partial charge >= 0.3 is 0 Å². The van der Waals surface area contributed by atoms with Crippen LogP contribution in [-0.4, -0.2) is 18.1 Å². The zero-order valence-electron chi connectivity index (χ0n) is 12.9. The van der Waals surface area contributed by atoms with Crippen molar-refractivity contribution in [1.82, 2.24) is 0 Å². The molecule has 0 saturated heterocycles. The number of benzene rings is 1. The topological polar surface area (TPSA) is 71.7 Å². The molecule has 0 spiro atoms. The van der Waals surface area contributed by atoms with E-state index in [1.54, 1.807) is 25.3 Å². The summed E-state index contributed by atoms with van der Waals surface area (Å²) in [5, 5.41) is 11.9. The number of unbranched alkanes of at least 4 members (excludes halogenated alkanes) is 1. The lowest BCUT2D eigenvalue weighted by Gasteiger charge is -2.10. The van der Waals surface area contributed by atoms with Gasteiger partial charge in [0.2, 0.25) is 5.91 Å². The Morgan fingerprint density at radius 1 is 1.32 bits per heavy atom. The van der Waals surface area contributed by atoms with Crippen molar-refractivity contribution in [3.63, 3.8) is 0 Å². The molecule has 1 amide bonds. The summed E-state index contributed by atoms with van der Waals surface area (Å²) >= 11 is 0. The Labute approximate surface area is 129 Å². The highest BCUT2D eigenvalue weighted by Gasteiger charge is 2.12. The molecule has 0 saturated carbocycles. The van der Waals surface area contributed by atoms with Crippen LogP contribution in [-0.2, 0) is 11.4 Å². The summed E-state index contributed by atoms with van der Waals surface area (Å²) in [6.45, 7) is 1.91. The number of ether oxygens (including phenoxy) is 1. The third-order valence-corrected chi connectivity index (χ3v) is 3.33. The number of carbonyl (C=O) groups excluding carboxylic acids is 1. The van der Waals surface area contributed by atoms with Gasteiger partial charge in [-0.15, -0.1) is 0 Å². The Hall–Kier alpha value is -2.27. The monoisotopic (exact) mass is 303 g/mol. The highest BCUT2D eigenvalue weighted by Crippen LogP contribution is 2.33. The predicted octanol–water partition coefficient (Wildman–Crippen LogP) is 3.58. The summed E-state index contributed by atoms with van der Waals surface area (Å²) in [5.41, 5.74) is 1.46. The number of aliphatic hydroxyl groups is 1. The molecule has 2 rings (SSSR count). The Morgan fingerprint density at radius 3 is 2.77 bits per heavy atom. The summed E-state index contributed by atoms with van der Waals surface area (Å²) in [7, 11) is 1.57. The molecule has 0 aliphatic rings. The number of amides is 1. The van der Waals surface area contributed by atoms with Crippen LogP contribution >= 0.6 is 0 Å². The third-order valence-electron chi connectivity index (χ3n) is 3.33. The number of hydrogen-bond donors (Lipinski definition) is 2. The Kier molecular flexibility index (Phi) is 5.61. The van der Waals surface area contributed by atoms with Crippen LogP contribution < -0.4 is 10.1 Å². The van der Waals surface area contributed by atoms with Crippen LogP contribution in [0.1, 0.15) is 31.9 Å². The van der Waals surface area contributed by atoms with Crippen LogP contribution in [0.2, 0.25) is 0 Å². The van der Waals surface area contributed by atoms with E-state index in [1.165, 1.54) is 0 Å². The molecule has 0 bridgehead atoms. The molecule has 0 fully saturated rings. The highest BCUT2D eigenvalue weighted by molar-refractivity contribution is 5.91. The van der Waals surface area contributed by atoms with E-state index >= 15 is 0 Å². The van der Waals surface area contributed by atoms with Gasteiger partial charge in [0.05, 0.1) is 12.7 Å². The standard InChI is InChI=1S/C17H21NO4/c1-3-4-5-17(20)18-12-6-8-14(16(10-12)21-2)15-9-7-13(11-19)22-15/h6-10,19H,3-5,11H2,1-2H3,(H,18,20). The molecule has 118 valence electrons. The van der Waals surface area contributed by atoms with Crippen LogP contribution in [0.5, 0.6) is 5.75 Å². The predicted molar refractivity (Wildman–Crippen MR) is 84.8 cm³/mol. The van der Waals surface area contributed by atoms with Crippen LogP contribution in [0.3, 0.4) is 0 Å². The third kappa shape index (κ3) is 3.89. The molecule has 5 nitrogen and oxygen atoms in total.